The van der Waals surface area contributed by atoms with Crippen LogP contribution in [0.1, 0.15) is 45.7 Å². The molecule has 172 valence electrons. The fraction of sp³-hybridized carbons (Fsp3) is 0.304. The highest BCUT2D eigenvalue weighted by Crippen LogP contribution is 2.45. The molecule has 10 heteroatoms. The summed E-state index contributed by atoms with van der Waals surface area (Å²) in [4.78, 5) is 12.8. The SMILES string of the molecule is Cc1ccc(C)c(NC(=O)c2cc3n(n2)[C@@H](C(F)(F)F)C[C@H](c2ccc4c(c2)OCO4)N3)c1. The van der Waals surface area contributed by atoms with E-state index in [9.17, 15) is 18.0 Å². The van der Waals surface area contributed by atoms with Gasteiger partial charge in [-0.1, -0.05) is 18.2 Å². The van der Waals surface area contributed by atoms with Crippen molar-refractivity contribution < 1.29 is 27.4 Å². The van der Waals surface area contributed by atoms with Crippen molar-refractivity contribution in [3.63, 3.8) is 0 Å². The Kier molecular flexibility index (Phi) is 4.95. The minimum absolute atomic E-state index is 0.0771. The van der Waals surface area contributed by atoms with Gasteiger partial charge in [0.25, 0.3) is 5.91 Å². The van der Waals surface area contributed by atoms with Gasteiger partial charge < -0.3 is 20.1 Å². The highest BCUT2D eigenvalue weighted by molar-refractivity contribution is 6.03. The van der Waals surface area contributed by atoms with E-state index < -0.39 is 24.2 Å². The van der Waals surface area contributed by atoms with E-state index in [-0.39, 0.29) is 24.7 Å². The first-order chi connectivity index (χ1) is 15.7. The normalized spacial score (nSPS) is 19.1. The highest BCUT2D eigenvalue weighted by atomic mass is 19.4. The summed E-state index contributed by atoms with van der Waals surface area (Å²) >= 11 is 0. The van der Waals surface area contributed by atoms with Crippen molar-refractivity contribution in [2.24, 2.45) is 0 Å². The summed E-state index contributed by atoms with van der Waals surface area (Å²) in [6.45, 7) is 3.80. The highest BCUT2D eigenvalue weighted by Gasteiger charge is 2.47. The second kappa shape index (κ2) is 7.72. The fourth-order valence-electron chi connectivity index (χ4n) is 4.09. The third-order valence-corrected chi connectivity index (χ3v) is 5.86. The van der Waals surface area contributed by atoms with Crippen LogP contribution in [0.3, 0.4) is 0 Å². The third kappa shape index (κ3) is 3.96. The van der Waals surface area contributed by atoms with Crippen molar-refractivity contribution in [1.29, 1.82) is 0 Å². The van der Waals surface area contributed by atoms with Crippen molar-refractivity contribution in [2.75, 3.05) is 17.4 Å². The van der Waals surface area contributed by atoms with Gasteiger partial charge in [0.15, 0.2) is 23.2 Å². The van der Waals surface area contributed by atoms with Gasteiger partial charge >= 0.3 is 6.18 Å². The van der Waals surface area contributed by atoms with Gasteiger partial charge in [-0.25, -0.2) is 4.68 Å². The largest absolute Gasteiger partial charge is 0.454 e. The number of carbonyl (C=O) groups is 1. The van der Waals surface area contributed by atoms with E-state index in [2.05, 4.69) is 15.7 Å². The van der Waals surface area contributed by atoms with E-state index >= 15 is 0 Å². The van der Waals surface area contributed by atoms with Gasteiger partial charge in [-0.2, -0.15) is 18.3 Å². The molecule has 2 aliphatic heterocycles. The number of amides is 1. The number of rotatable bonds is 3. The van der Waals surface area contributed by atoms with Gasteiger partial charge in [-0.05, 0) is 48.7 Å². The van der Waals surface area contributed by atoms with E-state index in [1.165, 1.54) is 6.07 Å². The van der Waals surface area contributed by atoms with Crippen LogP contribution in [0.2, 0.25) is 0 Å². The standard InChI is InChI=1S/C23H21F3N4O3/c1-12-3-4-13(2)15(7-12)28-22(31)17-10-21-27-16(9-20(23(24,25)26)30(21)29-17)14-5-6-18-19(8-14)33-11-32-18/h3-8,10,16,20,27H,9,11H2,1-2H3,(H,28,31)/t16-,20-/m1/s1. The van der Waals surface area contributed by atoms with Crippen molar-refractivity contribution in [1.82, 2.24) is 9.78 Å². The second-order valence-electron chi connectivity index (χ2n) is 8.23. The minimum Gasteiger partial charge on any atom is -0.454 e. The molecule has 1 amide bonds. The lowest BCUT2D eigenvalue weighted by Crippen LogP contribution is -2.35. The Balaban J connectivity index is 1.45. The number of ether oxygens (including phenoxy) is 2. The monoisotopic (exact) mass is 458 g/mol. The Morgan fingerprint density at radius 1 is 1.12 bits per heavy atom. The topological polar surface area (TPSA) is 77.4 Å². The molecule has 0 saturated heterocycles. The summed E-state index contributed by atoms with van der Waals surface area (Å²) in [6, 6.07) is 9.45. The first-order valence-electron chi connectivity index (χ1n) is 10.4. The molecule has 33 heavy (non-hydrogen) atoms. The average Bonchev–Trinajstić information content (AvgIpc) is 3.41. The number of benzene rings is 2. The summed E-state index contributed by atoms with van der Waals surface area (Å²) in [7, 11) is 0. The van der Waals surface area contributed by atoms with E-state index in [4.69, 9.17) is 9.47 Å². The first-order valence-corrected chi connectivity index (χ1v) is 10.4. The predicted molar refractivity (Wildman–Crippen MR) is 115 cm³/mol. The molecule has 0 radical (unpaired) electrons. The van der Waals surface area contributed by atoms with Gasteiger partial charge in [0.05, 0.1) is 6.04 Å². The second-order valence-corrected chi connectivity index (χ2v) is 8.23. The molecule has 2 aliphatic rings. The molecule has 1 aromatic heterocycles. The van der Waals surface area contributed by atoms with Crippen LogP contribution in [-0.4, -0.2) is 28.7 Å². The van der Waals surface area contributed by atoms with E-state index in [1.54, 1.807) is 24.3 Å². The number of carbonyl (C=O) groups excluding carboxylic acids is 1. The molecule has 2 atom stereocenters. The Bertz CT molecular complexity index is 1240. The molecule has 0 saturated carbocycles. The zero-order valence-corrected chi connectivity index (χ0v) is 17.9. The van der Waals surface area contributed by atoms with Crippen molar-refractivity contribution in [3.8, 4) is 11.5 Å². The van der Waals surface area contributed by atoms with Gasteiger partial charge in [0.1, 0.15) is 5.82 Å². The van der Waals surface area contributed by atoms with Crippen molar-refractivity contribution in [3.05, 3.63) is 64.8 Å². The first kappa shape index (κ1) is 21.2. The lowest BCUT2D eigenvalue weighted by molar-refractivity contribution is -0.173. The van der Waals surface area contributed by atoms with E-state index in [1.807, 2.05) is 26.0 Å². The summed E-state index contributed by atoms with van der Waals surface area (Å²) in [5.74, 6) is 0.591. The van der Waals surface area contributed by atoms with Crippen molar-refractivity contribution >= 4 is 17.4 Å². The van der Waals surface area contributed by atoms with Gasteiger partial charge in [0, 0.05) is 18.2 Å². The van der Waals surface area contributed by atoms with Crippen LogP contribution in [0.5, 0.6) is 11.5 Å². The number of hydrogen-bond donors (Lipinski definition) is 2. The predicted octanol–water partition coefficient (Wildman–Crippen LogP) is 5.14. The zero-order chi connectivity index (χ0) is 23.3. The lowest BCUT2D eigenvalue weighted by atomic mass is 9.96. The van der Waals surface area contributed by atoms with Crippen LogP contribution in [0.15, 0.2) is 42.5 Å². The molecule has 0 fully saturated rings. The van der Waals surface area contributed by atoms with Gasteiger partial charge in [-0.3, -0.25) is 4.79 Å². The number of aromatic nitrogens is 2. The Morgan fingerprint density at radius 2 is 1.91 bits per heavy atom. The quantitative estimate of drug-likeness (QED) is 0.568. The zero-order valence-electron chi connectivity index (χ0n) is 17.9. The van der Waals surface area contributed by atoms with Crippen LogP contribution >= 0.6 is 0 Å². The van der Waals surface area contributed by atoms with Crippen LogP contribution in [-0.2, 0) is 0 Å². The number of halogens is 3. The smallest absolute Gasteiger partial charge is 0.410 e. The molecule has 5 rings (SSSR count). The maximum Gasteiger partial charge on any atom is 0.410 e. The number of nitrogens with zero attached hydrogens (tertiary/aromatic N) is 2. The molecular formula is C23H21F3N4O3. The fourth-order valence-corrected chi connectivity index (χ4v) is 4.09. The third-order valence-electron chi connectivity index (χ3n) is 5.86. The molecule has 3 aromatic rings. The van der Waals surface area contributed by atoms with Gasteiger partial charge in [0.2, 0.25) is 6.79 Å². The van der Waals surface area contributed by atoms with Crippen LogP contribution in [0.25, 0.3) is 0 Å². The van der Waals surface area contributed by atoms with E-state index in [0.717, 1.165) is 15.8 Å². The number of aryl methyl sites for hydroxylation is 2. The molecule has 0 spiro atoms. The molecule has 2 aromatic carbocycles. The van der Waals surface area contributed by atoms with Crippen LogP contribution in [0.4, 0.5) is 24.7 Å². The molecule has 0 unspecified atom stereocenters. The Morgan fingerprint density at radius 3 is 2.70 bits per heavy atom. The number of alkyl halides is 3. The number of anilines is 2. The van der Waals surface area contributed by atoms with Gasteiger partial charge in [-0.15, -0.1) is 0 Å². The number of fused-ring (bicyclic) bond motifs is 2. The summed E-state index contributed by atoms with van der Waals surface area (Å²) < 4.78 is 53.3. The maximum absolute atomic E-state index is 13.9. The Labute approximate surface area is 187 Å². The molecular weight excluding hydrogens is 437 g/mol. The molecule has 3 heterocycles. The average molecular weight is 458 g/mol. The summed E-state index contributed by atoms with van der Waals surface area (Å²) in [5, 5.41) is 9.85. The molecule has 0 bridgehead atoms. The number of hydrogen-bond acceptors (Lipinski definition) is 5. The lowest BCUT2D eigenvalue weighted by Gasteiger charge is -2.33. The summed E-state index contributed by atoms with van der Waals surface area (Å²) in [6.07, 6.45) is -4.83. The van der Waals surface area contributed by atoms with Crippen LogP contribution < -0.4 is 20.1 Å². The summed E-state index contributed by atoms with van der Waals surface area (Å²) in [5.41, 5.74) is 2.91. The molecule has 2 N–H and O–H groups in total. The molecule has 0 aliphatic carbocycles. The maximum atomic E-state index is 13.9. The van der Waals surface area contributed by atoms with E-state index in [0.29, 0.717) is 22.7 Å². The number of nitrogens with one attached hydrogen (secondary N) is 2. The van der Waals surface area contributed by atoms with Crippen molar-refractivity contribution in [2.45, 2.75) is 38.5 Å². The van der Waals surface area contributed by atoms with Crippen LogP contribution in [0, 0.1) is 13.8 Å². The Hall–Kier alpha value is -3.69. The molecule has 7 nitrogen and oxygen atoms in total. The minimum atomic E-state index is -4.54.